The Balaban J connectivity index is 0.00000448. The van der Waals surface area contributed by atoms with Gasteiger partial charge in [-0.15, -0.1) is 41.3 Å². The van der Waals surface area contributed by atoms with E-state index in [0.29, 0.717) is 11.5 Å². The van der Waals surface area contributed by atoms with E-state index in [2.05, 4.69) is 143 Å². The fourth-order valence-corrected chi connectivity index (χ4v) is 7.25. The zero-order chi connectivity index (χ0) is 34.9. The fourth-order valence-electron chi connectivity index (χ4n) is 7.25. The molecule has 0 saturated heterocycles. The van der Waals surface area contributed by atoms with Gasteiger partial charge in [0.25, 0.3) is 0 Å². The topological polar surface area (TPSA) is 44.9 Å². The van der Waals surface area contributed by atoms with Gasteiger partial charge >= 0.3 is 21.1 Å². The Hall–Kier alpha value is -4.47. The number of para-hydroxylation sites is 1. The molecule has 7 aromatic rings. The number of hydrogen-bond donors (Lipinski definition) is 0. The minimum Gasteiger partial charge on any atom is -0.509 e. The molecule has 51 heavy (non-hydrogen) atoms. The summed E-state index contributed by atoms with van der Waals surface area (Å²) < 4.78 is 11.0. The van der Waals surface area contributed by atoms with Crippen LogP contribution < -0.4 is 4.74 Å². The number of nitrogens with zero attached hydrogens (tertiary/aromatic N) is 4. The summed E-state index contributed by atoms with van der Waals surface area (Å²) in [4.78, 5) is 4.81. The van der Waals surface area contributed by atoms with E-state index in [1.165, 1.54) is 39.1 Å². The van der Waals surface area contributed by atoms with Crippen LogP contribution in [0.1, 0.15) is 86.5 Å². The molecule has 262 valence electrons. The predicted octanol–water partition coefficient (Wildman–Crippen LogP) is 11.8. The Morgan fingerprint density at radius 2 is 1.55 bits per heavy atom. The van der Waals surface area contributed by atoms with Crippen molar-refractivity contribution in [2.75, 3.05) is 0 Å². The van der Waals surface area contributed by atoms with Crippen LogP contribution in [-0.2, 0) is 33.9 Å². The molecule has 0 aliphatic heterocycles. The zero-order valence-corrected chi connectivity index (χ0v) is 33.0. The molecule has 0 aliphatic rings. The normalized spacial score (nSPS) is 11.5. The van der Waals surface area contributed by atoms with E-state index in [1.54, 1.807) is 0 Å². The second-order valence-electron chi connectivity index (χ2n) is 13.8. The van der Waals surface area contributed by atoms with Crippen LogP contribution in [0.5, 0.6) is 11.5 Å². The van der Waals surface area contributed by atoms with Crippen molar-refractivity contribution in [3.63, 3.8) is 0 Å². The monoisotopic (exact) mass is 853 g/mol. The molecule has 7 rings (SSSR count). The van der Waals surface area contributed by atoms with E-state index in [4.69, 9.17) is 14.8 Å². The second kappa shape index (κ2) is 15.4. The van der Waals surface area contributed by atoms with Gasteiger partial charge in [0, 0.05) is 34.5 Å². The molecule has 0 fully saturated rings. The predicted molar refractivity (Wildman–Crippen MR) is 206 cm³/mol. The molecule has 0 atom stereocenters. The van der Waals surface area contributed by atoms with Gasteiger partial charge in [-0.2, -0.15) is 11.2 Å². The average Bonchev–Trinajstić information content (AvgIpc) is 3.61. The van der Waals surface area contributed by atoms with Crippen molar-refractivity contribution >= 4 is 21.8 Å². The van der Waals surface area contributed by atoms with Gasteiger partial charge in [0.15, 0.2) is 0 Å². The van der Waals surface area contributed by atoms with Gasteiger partial charge in [-0.3, -0.25) is 4.68 Å². The molecule has 3 aromatic heterocycles. The average molecular weight is 854 g/mol. The Morgan fingerprint density at radius 1 is 0.765 bits per heavy atom. The van der Waals surface area contributed by atoms with Gasteiger partial charge in [-0.1, -0.05) is 82.5 Å². The van der Waals surface area contributed by atoms with Gasteiger partial charge < -0.3 is 9.30 Å². The molecular weight excluding hydrogens is 808 g/mol. The van der Waals surface area contributed by atoms with Crippen molar-refractivity contribution in [1.82, 2.24) is 19.3 Å². The van der Waals surface area contributed by atoms with Crippen LogP contribution in [-0.4, -0.2) is 19.3 Å². The quantitative estimate of drug-likeness (QED) is 0.122. The summed E-state index contributed by atoms with van der Waals surface area (Å²) in [6, 6.07) is 35.0. The summed E-state index contributed by atoms with van der Waals surface area (Å²) in [5, 5.41) is 7.46. The molecule has 3 heterocycles. The van der Waals surface area contributed by atoms with E-state index in [0.717, 1.165) is 71.1 Å². The van der Waals surface area contributed by atoms with E-state index < -0.39 is 0 Å². The van der Waals surface area contributed by atoms with Crippen LogP contribution in [0.3, 0.4) is 0 Å². The van der Waals surface area contributed by atoms with E-state index >= 15 is 0 Å². The van der Waals surface area contributed by atoms with Gasteiger partial charge in [-0.05, 0) is 97.5 Å². The van der Waals surface area contributed by atoms with Crippen molar-refractivity contribution in [1.29, 1.82) is 0 Å². The van der Waals surface area contributed by atoms with Gasteiger partial charge in [0.05, 0.1) is 5.69 Å². The molecule has 5 nitrogen and oxygen atoms in total. The maximum Gasteiger partial charge on any atom is 2.00 e. The maximum absolute atomic E-state index is 6.68. The number of hydrogen-bond acceptors (Lipinski definition) is 3. The number of aryl methyl sites for hydroxylation is 4. The number of rotatable bonds is 11. The summed E-state index contributed by atoms with van der Waals surface area (Å²) in [6.07, 6.45) is 7.12. The molecule has 0 radical (unpaired) electrons. The molecule has 0 bridgehead atoms. The van der Waals surface area contributed by atoms with Crippen molar-refractivity contribution < 1.29 is 25.8 Å². The number of ether oxygens (including phenoxy) is 1. The molecular formula is C45H46N4OPt. The number of pyridine rings is 1. The molecule has 6 heteroatoms. The molecule has 0 aliphatic carbocycles. The molecule has 0 unspecified atom stereocenters. The van der Waals surface area contributed by atoms with Crippen molar-refractivity contribution in [3.05, 3.63) is 131 Å². The van der Waals surface area contributed by atoms with E-state index in [1.807, 2.05) is 12.3 Å². The molecule has 4 aromatic carbocycles. The van der Waals surface area contributed by atoms with Crippen molar-refractivity contribution in [2.24, 2.45) is 0 Å². The first-order chi connectivity index (χ1) is 24.3. The summed E-state index contributed by atoms with van der Waals surface area (Å²) in [5.74, 6) is 2.46. The molecule has 0 amide bonds. The third-order valence-electron chi connectivity index (χ3n) is 9.76. The SMILES string of the molecule is CCCCc1c(-c2c(C)cccc2C)c(C)nn1-c1[c-]c(Oc2[c-]c3c(cc2)c2ccccc2n3-c2cc(CCC)ccn2)cc(C(C)C)c1.[Pt+2]. The zero-order valence-electron chi connectivity index (χ0n) is 30.7. The smallest absolute Gasteiger partial charge is 0.509 e. The summed E-state index contributed by atoms with van der Waals surface area (Å²) in [5.41, 5.74) is 12.7. The second-order valence-corrected chi connectivity index (χ2v) is 13.8. The first-order valence-electron chi connectivity index (χ1n) is 18.1. The first kappa shape index (κ1) is 36.3. The minimum atomic E-state index is 0. The van der Waals surface area contributed by atoms with E-state index in [9.17, 15) is 0 Å². The van der Waals surface area contributed by atoms with Crippen LogP contribution >= 0.6 is 0 Å². The maximum atomic E-state index is 6.68. The Morgan fingerprint density at radius 3 is 2.29 bits per heavy atom. The Kier molecular flexibility index (Phi) is 11.0. The van der Waals surface area contributed by atoms with Crippen LogP contribution in [0, 0.1) is 32.9 Å². The third-order valence-corrected chi connectivity index (χ3v) is 9.76. The van der Waals surface area contributed by atoms with Gasteiger partial charge in [0.2, 0.25) is 0 Å². The van der Waals surface area contributed by atoms with Gasteiger partial charge in [0.1, 0.15) is 5.82 Å². The van der Waals surface area contributed by atoms with Crippen LogP contribution in [0.2, 0.25) is 0 Å². The van der Waals surface area contributed by atoms with Crippen LogP contribution in [0.15, 0.2) is 85.1 Å². The number of unbranched alkanes of at least 4 members (excludes halogenated alkanes) is 1. The number of benzene rings is 4. The summed E-state index contributed by atoms with van der Waals surface area (Å²) >= 11 is 0. The minimum absolute atomic E-state index is 0. The third kappa shape index (κ3) is 7.06. The summed E-state index contributed by atoms with van der Waals surface area (Å²) in [6.45, 7) is 15.4. The van der Waals surface area contributed by atoms with Crippen LogP contribution in [0.4, 0.5) is 0 Å². The molecule has 0 saturated carbocycles. The first-order valence-corrected chi connectivity index (χ1v) is 18.1. The van der Waals surface area contributed by atoms with Crippen LogP contribution in [0.25, 0.3) is 44.4 Å². The summed E-state index contributed by atoms with van der Waals surface area (Å²) in [7, 11) is 0. The van der Waals surface area contributed by atoms with Gasteiger partial charge in [-0.25, -0.2) is 4.98 Å². The van der Waals surface area contributed by atoms with E-state index in [-0.39, 0.29) is 27.0 Å². The molecule has 0 spiro atoms. The fraction of sp³-hybridized carbons (Fsp3) is 0.289. The largest absolute Gasteiger partial charge is 2.00 e. The van der Waals surface area contributed by atoms with Crippen molar-refractivity contribution in [2.45, 2.75) is 86.5 Å². The van der Waals surface area contributed by atoms with Crippen molar-refractivity contribution in [3.8, 4) is 34.1 Å². The molecule has 0 N–H and O–H groups in total. The Bertz CT molecular complexity index is 2310. The Labute approximate surface area is 317 Å². The number of fused-ring (bicyclic) bond motifs is 3. The number of aromatic nitrogens is 4. The standard InChI is InChI=1S/C45H46N4O.Pt/c1-8-10-18-41-45(44-30(5)15-13-16-31(44)6)32(7)47-49(41)35-25-34(29(3)4)26-37(27-35)50-36-20-21-39-38-17-11-12-19-40(38)48(42(39)28-36)43-24-33(14-9-2)22-23-46-43;/h11-13,15-17,19-26,29H,8-10,14,18H2,1-7H3;/q-2;+2.